The molecule has 0 heterocycles. The van der Waals surface area contributed by atoms with Crippen LogP contribution in [-0.4, -0.2) is 18.0 Å². The quantitative estimate of drug-likeness (QED) is 0.856. The maximum Gasteiger partial charge on any atom is 0.224 e. The van der Waals surface area contributed by atoms with Crippen molar-refractivity contribution in [2.45, 2.75) is 51.1 Å². The Labute approximate surface area is 109 Å². The summed E-state index contributed by atoms with van der Waals surface area (Å²) in [6.07, 6.45) is 4.84. The average Bonchev–Trinajstić information content (AvgIpc) is 2.35. The first-order chi connectivity index (χ1) is 8.65. The molecule has 0 spiro atoms. The predicted molar refractivity (Wildman–Crippen MR) is 73.3 cm³/mol. The summed E-state index contributed by atoms with van der Waals surface area (Å²) >= 11 is 0. The number of hydrogen-bond donors (Lipinski definition) is 2. The zero-order chi connectivity index (χ0) is 13.0. The molecule has 0 radical (unpaired) electrons. The molecular weight excluding hydrogens is 224 g/mol. The SMILES string of the molecule is Cc1ccc(CC(=O)N[C@@H]2CCCC[C@H]2N)cc1. The first kappa shape index (κ1) is 13.1. The fourth-order valence-electron chi connectivity index (χ4n) is 2.49. The molecule has 98 valence electrons. The molecule has 1 aromatic carbocycles. The van der Waals surface area contributed by atoms with Crippen molar-refractivity contribution in [3.05, 3.63) is 35.4 Å². The van der Waals surface area contributed by atoms with Crippen molar-refractivity contribution >= 4 is 5.91 Å². The van der Waals surface area contributed by atoms with Gasteiger partial charge < -0.3 is 11.1 Å². The second-order valence-corrected chi connectivity index (χ2v) is 5.28. The highest BCUT2D eigenvalue weighted by Crippen LogP contribution is 2.17. The topological polar surface area (TPSA) is 55.1 Å². The van der Waals surface area contributed by atoms with Gasteiger partial charge in [0.1, 0.15) is 0 Å². The van der Waals surface area contributed by atoms with Gasteiger partial charge in [0.15, 0.2) is 0 Å². The van der Waals surface area contributed by atoms with Gasteiger partial charge in [-0.2, -0.15) is 0 Å². The van der Waals surface area contributed by atoms with Crippen LogP contribution in [0.25, 0.3) is 0 Å². The average molecular weight is 246 g/mol. The van der Waals surface area contributed by atoms with E-state index in [9.17, 15) is 4.79 Å². The van der Waals surface area contributed by atoms with Crippen LogP contribution < -0.4 is 11.1 Å². The first-order valence-electron chi connectivity index (χ1n) is 6.75. The molecule has 0 aliphatic heterocycles. The minimum Gasteiger partial charge on any atom is -0.352 e. The van der Waals surface area contributed by atoms with E-state index in [1.54, 1.807) is 0 Å². The van der Waals surface area contributed by atoms with E-state index in [1.165, 1.54) is 18.4 Å². The smallest absolute Gasteiger partial charge is 0.224 e. The van der Waals surface area contributed by atoms with Crippen molar-refractivity contribution in [1.29, 1.82) is 0 Å². The molecule has 0 unspecified atom stereocenters. The van der Waals surface area contributed by atoms with Crippen LogP contribution in [0, 0.1) is 6.92 Å². The minimum atomic E-state index is 0.0844. The Morgan fingerprint density at radius 3 is 2.61 bits per heavy atom. The second kappa shape index (κ2) is 6.01. The molecule has 3 nitrogen and oxygen atoms in total. The van der Waals surface area contributed by atoms with Crippen molar-refractivity contribution in [2.24, 2.45) is 5.73 Å². The second-order valence-electron chi connectivity index (χ2n) is 5.28. The van der Waals surface area contributed by atoms with Crippen molar-refractivity contribution in [1.82, 2.24) is 5.32 Å². The summed E-state index contributed by atoms with van der Waals surface area (Å²) in [5.74, 6) is 0.0844. The maximum atomic E-state index is 11.9. The van der Waals surface area contributed by atoms with E-state index >= 15 is 0 Å². The van der Waals surface area contributed by atoms with Gasteiger partial charge in [-0.1, -0.05) is 42.7 Å². The Kier molecular flexibility index (Phi) is 4.37. The van der Waals surface area contributed by atoms with Gasteiger partial charge in [-0.05, 0) is 25.3 Å². The molecule has 3 heteroatoms. The Morgan fingerprint density at radius 1 is 1.28 bits per heavy atom. The van der Waals surface area contributed by atoms with Gasteiger partial charge in [0.05, 0.1) is 6.42 Å². The van der Waals surface area contributed by atoms with Crippen LogP contribution in [0.5, 0.6) is 0 Å². The fraction of sp³-hybridized carbons (Fsp3) is 0.533. The normalized spacial score (nSPS) is 23.7. The molecule has 1 saturated carbocycles. The third-order valence-corrected chi connectivity index (χ3v) is 3.65. The number of aryl methyl sites for hydroxylation is 1. The highest BCUT2D eigenvalue weighted by molar-refractivity contribution is 5.78. The summed E-state index contributed by atoms with van der Waals surface area (Å²) < 4.78 is 0. The predicted octanol–water partition coefficient (Wildman–Crippen LogP) is 1.92. The zero-order valence-electron chi connectivity index (χ0n) is 11.0. The van der Waals surface area contributed by atoms with E-state index in [0.29, 0.717) is 6.42 Å². The van der Waals surface area contributed by atoms with Crippen LogP contribution in [0.4, 0.5) is 0 Å². The van der Waals surface area contributed by atoms with Crippen molar-refractivity contribution in [2.75, 3.05) is 0 Å². The summed E-state index contributed by atoms with van der Waals surface area (Å²) in [5.41, 5.74) is 8.30. The molecular formula is C15H22N2O. The molecule has 18 heavy (non-hydrogen) atoms. The molecule has 1 fully saturated rings. The number of carbonyl (C=O) groups is 1. The highest BCUT2D eigenvalue weighted by Gasteiger charge is 2.23. The minimum absolute atomic E-state index is 0.0844. The van der Waals surface area contributed by atoms with Gasteiger partial charge in [-0.25, -0.2) is 0 Å². The third kappa shape index (κ3) is 3.57. The number of benzene rings is 1. The molecule has 0 aromatic heterocycles. The van der Waals surface area contributed by atoms with Gasteiger partial charge >= 0.3 is 0 Å². The van der Waals surface area contributed by atoms with Crippen LogP contribution in [-0.2, 0) is 11.2 Å². The Balaban J connectivity index is 1.86. The number of carbonyl (C=O) groups excluding carboxylic acids is 1. The fourth-order valence-corrected chi connectivity index (χ4v) is 2.49. The maximum absolute atomic E-state index is 11.9. The molecule has 2 atom stereocenters. The third-order valence-electron chi connectivity index (χ3n) is 3.65. The Morgan fingerprint density at radius 2 is 1.94 bits per heavy atom. The van der Waals surface area contributed by atoms with Crippen LogP contribution in [0.15, 0.2) is 24.3 Å². The highest BCUT2D eigenvalue weighted by atomic mass is 16.1. The summed E-state index contributed by atoms with van der Waals surface area (Å²) in [5, 5.41) is 3.07. The van der Waals surface area contributed by atoms with E-state index in [0.717, 1.165) is 18.4 Å². The monoisotopic (exact) mass is 246 g/mol. The number of nitrogens with one attached hydrogen (secondary N) is 1. The van der Waals surface area contributed by atoms with E-state index in [1.807, 2.05) is 31.2 Å². The first-order valence-corrected chi connectivity index (χ1v) is 6.75. The summed E-state index contributed by atoms with van der Waals surface area (Å²) in [6, 6.07) is 8.38. The lowest BCUT2D eigenvalue weighted by molar-refractivity contribution is -0.121. The lowest BCUT2D eigenvalue weighted by atomic mass is 9.91. The van der Waals surface area contributed by atoms with E-state index in [2.05, 4.69) is 5.32 Å². The van der Waals surface area contributed by atoms with Gasteiger partial charge in [-0.15, -0.1) is 0 Å². The van der Waals surface area contributed by atoms with Gasteiger partial charge in [-0.3, -0.25) is 4.79 Å². The van der Waals surface area contributed by atoms with Gasteiger partial charge in [0.2, 0.25) is 5.91 Å². The van der Waals surface area contributed by atoms with Crippen molar-refractivity contribution in [3.63, 3.8) is 0 Å². The largest absolute Gasteiger partial charge is 0.352 e. The molecule has 1 aliphatic rings. The Bertz CT molecular complexity index is 399. The van der Waals surface area contributed by atoms with Gasteiger partial charge in [0.25, 0.3) is 0 Å². The molecule has 1 aliphatic carbocycles. The summed E-state index contributed by atoms with van der Waals surface area (Å²) in [6.45, 7) is 2.05. The number of nitrogens with two attached hydrogens (primary N) is 1. The van der Waals surface area contributed by atoms with Crippen LogP contribution >= 0.6 is 0 Å². The number of amides is 1. The standard InChI is InChI=1S/C15H22N2O/c1-11-6-8-12(9-7-11)10-15(18)17-14-5-3-2-4-13(14)16/h6-9,13-14H,2-5,10,16H2,1H3,(H,17,18)/t13-,14-/m1/s1. The van der Waals surface area contributed by atoms with Crippen LogP contribution in [0.3, 0.4) is 0 Å². The number of rotatable bonds is 3. The molecule has 2 rings (SSSR count). The molecule has 0 bridgehead atoms. The Hall–Kier alpha value is -1.35. The molecule has 0 saturated heterocycles. The molecule has 3 N–H and O–H groups in total. The van der Waals surface area contributed by atoms with Gasteiger partial charge in [0, 0.05) is 12.1 Å². The van der Waals surface area contributed by atoms with Crippen molar-refractivity contribution < 1.29 is 4.79 Å². The van der Waals surface area contributed by atoms with Crippen LogP contribution in [0.1, 0.15) is 36.8 Å². The summed E-state index contributed by atoms with van der Waals surface area (Å²) in [4.78, 5) is 11.9. The van der Waals surface area contributed by atoms with E-state index in [4.69, 9.17) is 5.73 Å². The zero-order valence-corrected chi connectivity index (χ0v) is 11.0. The lowest BCUT2D eigenvalue weighted by Gasteiger charge is -2.29. The number of hydrogen-bond acceptors (Lipinski definition) is 2. The summed E-state index contributed by atoms with van der Waals surface area (Å²) in [7, 11) is 0. The lowest BCUT2D eigenvalue weighted by Crippen LogP contribution is -2.49. The molecule has 1 amide bonds. The van der Waals surface area contributed by atoms with E-state index < -0.39 is 0 Å². The van der Waals surface area contributed by atoms with Crippen LogP contribution in [0.2, 0.25) is 0 Å². The van der Waals surface area contributed by atoms with Crippen molar-refractivity contribution in [3.8, 4) is 0 Å². The molecule has 1 aromatic rings. The van der Waals surface area contributed by atoms with E-state index in [-0.39, 0.29) is 18.0 Å².